The molecule has 0 spiro atoms. The zero-order valence-electron chi connectivity index (χ0n) is 24.9. The normalized spacial score (nSPS) is 18.3. The van der Waals surface area contributed by atoms with Crippen LogP contribution in [0.15, 0.2) is 60.7 Å². The molecule has 0 aliphatic carbocycles. The summed E-state index contributed by atoms with van der Waals surface area (Å²) in [4.78, 5) is 54.4. The van der Waals surface area contributed by atoms with Crippen molar-refractivity contribution in [1.82, 2.24) is 10.6 Å². The van der Waals surface area contributed by atoms with Gasteiger partial charge in [0.25, 0.3) is 11.8 Å². The molecule has 44 heavy (non-hydrogen) atoms. The van der Waals surface area contributed by atoms with E-state index in [1.54, 1.807) is 50.6 Å². The third-order valence-electron chi connectivity index (χ3n) is 7.71. The highest BCUT2D eigenvalue weighted by molar-refractivity contribution is 6.24. The Kier molecular flexibility index (Phi) is 9.12. The van der Waals surface area contributed by atoms with Crippen LogP contribution in [0.25, 0.3) is 0 Å². The van der Waals surface area contributed by atoms with Gasteiger partial charge in [-0.15, -0.1) is 0 Å². The minimum atomic E-state index is -0.727. The fraction of sp³-hybridized carbons (Fsp3) is 0.312. The number of nitrogens with one attached hydrogen (secondary N) is 2. The second-order valence-corrected chi connectivity index (χ2v) is 10.2. The monoisotopic (exact) mass is 602 g/mol. The van der Waals surface area contributed by atoms with Gasteiger partial charge in [-0.25, -0.2) is 9.80 Å². The molecule has 4 amide bonds. The minimum absolute atomic E-state index is 0.0125. The standard InChI is InChI=1S/C32H34N4O8/c1-41-25-9-5-7-19(29(25)43-3)17-33-23-15-27(37)35(31(23)39)21-11-13-22(14-12-21)36-28(38)16-24(32(36)40)34-18-20-8-6-10-26(42-2)30(20)44-4/h5-14,23-24,33-34H,15-18H2,1-4H3/t23-,24+. The first-order valence-electron chi connectivity index (χ1n) is 14.0. The molecule has 0 bridgehead atoms. The number of ether oxygens (including phenoxy) is 4. The summed E-state index contributed by atoms with van der Waals surface area (Å²) in [6.45, 7) is 0.575. The van der Waals surface area contributed by atoms with Gasteiger partial charge in [-0.3, -0.25) is 19.2 Å². The summed E-state index contributed by atoms with van der Waals surface area (Å²) in [6, 6.07) is 15.7. The van der Waals surface area contributed by atoms with E-state index in [9.17, 15) is 19.2 Å². The van der Waals surface area contributed by atoms with E-state index in [0.29, 0.717) is 34.4 Å². The van der Waals surface area contributed by atoms with Crippen molar-refractivity contribution in [2.75, 3.05) is 38.2 Å². The fourth-order valence-electron chi connectivity index (χ4n) is 5.53. The van der Waals surface area contributed by atoms with E-state index < -0.39 is 23.9 Å². The molecule has 0 radical (unpaired) electrons. The molecule has 3 aromatic rings. The first-order valence-corrected chi connectivity index (χ1v) is 14.0. The Bertz CT molecular complexity index is 1460. The lowest BCUT2D eigenvalue weighted by Crippen LogP contribution is -2.39. The van der Waals surface area contributed by atoms with Crippen LogP contribution in [-0.4, -0.2) is 64.2 Å². The van der Waals surface area contributed by atoms with E-state index >= 15 is 0 Å². The smallest absolute Gasteiger partial charge is 0.251 e. The molecule has 230 valence electrons. The quantitative estimate of drug-likeness (QED) is 0.298. The van der Waals surface area contributed by atoms with Gasteiger partial charge in [0.1, 0.15) is 0 Å². The molecule has 5 rings (SSSR count). The van der Waals surface area contributed by atoms with Gasteiger partial charge in [0.05, 0.1) is 64.7 Å². The van der Waals surface area contributed by atoms with Gasteiger partial charge in [0.15, 0.2) is 23.0 Å². The Balaban J connectivity index is 1.23. The number of hydrogen-bond donors (Lipinski definition) is 2. The van der Waals surface area contributed by atoms with Crippen molar-refractivity contribution in [2.24, 2.45) is 0 Å². The van der Waals surface area contributed by atoms with E-state index in [4.69, 9.17) is 18.9 Å². The van der Waals surface area contributed by atoms with Gasteiger partial charge in [-0.2, -0.15) is 0 Å². The number of benzene rings is 3. The van der Waals surface area contributed by atoms with Crippen LogP contribution >= 0.6 is 0 Å². The second kappa shape index (κ2) is 13.1. The van der Waals surface area contributed by atoms with Crippen LogP contribution in [-0.2, 0) is 32.3 Å². The molecule has 12 nitrogen and oxygen atoms in total. The largest absolute Gasteiger partial charge is 0.493 e. The van der Waals surface area contributed by atoms with Crippen LogP contribution in [0, 0.1) is 0 Å². The van der Waals surface area contributed by atoms with E-state index in [-0.39, 0.29) is 37.7 Å². The highest BCUT2D eigenvalue weighted by Gasteiger charge is 2.41. The second-order valence-electron chi connectivity index (χ2n) is 10.2. The van der Waals surface area contributed by atoms with Crippen LogP contribution in [0.3, 0.4) is 0 Å². The van der Waals surface area contributed by atoms with Crippen molar-refractivity contribution in [1.29, 1.82) is 0 Å². The first kappa shape index (κ1) is 30.5. The number of methoxy groups -OCH3 is 4. The topological polar surface area (TPSA) is 136 Å². The molecule has 12 heteroatoms. The predicted octanol–water partition coefficient (Wildman–Crippen LogP) is 2.56. The summed E-state index contributed by atoms with van der Waals surface area (Å²) < 4.78 is 21.6. The number of para-hydroxylation sites is 2. The van der Waals surface area contributed by atoms with Crippen LogP contribution in [0.1, 0.15) is 24.0 Å². The van der Waals surface area contributed by atoms with E-state index in [0.717, 1.165) is 20.9 Å². The fourth-order valence-corrected chi connectivity index (χ4v) is 5.53. The van der Waals surface area contributed by atoms with Crippen molar-refractivity contribution >= 4 is 35.0 Å². The lowest BCUT2D eigenvalue weighted by molar-refractivity contribution is -0.123. The molecule has 2 N–H and O–H groups in total. The number of nitrogens with zero attached hydrogens (tertiary/aromatic N) is 2. The number of carbonyl (C=O) groups excluding carboxylic acids is 4. The molecule has 2 saturated heterocycles. The average Bonchev–Trinajstić information content (AvgIpc) is 3.49. The molecule has 2 aliphatic rings. The van der Waals surface area contributed by atoms with Crippen molar-refractivity contribution in [2.45, 2.75) is 38.0 Å². The number of hydrogen-bond acceptors (Lipinski definition) is 10. The summed E-state index contributed by atoms with van der Waals surface area (Å²) in [5.41, 5.74) is 2.27. The van der Waals surface area contributed by atoms with Gasteiger partial charge in [-0.05, 0) is 36.4 Å². The maximum absolute atomic E-state index is 13.2. The Morgan fingerprint density at radius 2 is 0.977 bits per heavy atom. The Morgan fingerprint density at radius 3 is 1.32 bits per heavy atom. The van der Waals surface area contributed by atoms with Crippen LogP contribution in [0.5, 0.6) is 23.0 Å². The molecule has 0 aromatic heterocycles. The summed E-state index contributed by atoms with van der Waals surface area (Å²) in [5, 5.41) is 6.29. The van der Waals surface area contributed by atoms with Crippen molar-refractivity contribution in [3.63, 3.8) is 0 Å². The number of amides is 4. The lowest BCUT2D eigenvalue weighted by Gasteiger charge is -2.19. The molecule has 3 aromatic carbocycles. The molecule has 2 atom stereocenters. The van der Waals surface area contributed by atoms with Gasteiger partial charge >= 0.3 is 0 Å². The molecule has 2 aliphatic heterocycles. The molecule has 2 fully saturated rings. The van der Waals surface area contributed by atoms with Crippen molar-refractivity contribution in [3.05, 3.63) is 71.8 Å². The zero-order valence-corrected chi connectivity index (χ0v) is 24.9. The molecule has 2 heterocycles. The minimum Gasteiger partial charge on any atom is -0.493 e. The summed E-state index contributed by atoms with van der Waals surface area (Å²) >= 11 is 0. The first-order chi connectivity index (χ1) is 21.3. The Morgan fingerprint density at radius 1 is 0.591 bits per heavy atom. The van der Waals surface area contributed by atoms with Crippen LogP contribution in [0.4, 0.5) is 11.4 Å². The van der Waals surface area contributed by atoms with Crippen molar-refractivity contribution < 1.29 is 38.1 Å². The summed E-state index contributed by atoms with van der Waals surface area (Å²) in [6.07, 6.45) is -0.0250. The van der Waals surface area contributed by atoms with Crippen LogP contribution in [0.2, 0.25) is 0 Å². The Labute approximate surface area is 254 Å². The van der Waals surface area contributed by atoms with Gasteiger partial charge < -0.3 is 29.6 Å². The van der Waals surface area contributed by atoms with E-state index in [1.165, 1.54) is 14.2 Å². The maximum Gasteiger partial charge on any atom is 0.251 e. The maximum atomic E-state index is 13.2. The third kappa shape index (κ3) is 5.81. The third-order valence-corrected chi connectivity index (χ3v) is 7.71. The predicted molar refractivity (Wildman–Crippen MR) is 161 cm³/mol. The van der Waals surface area contributed by atoms with E-state index in [2.05, 4.69) is 10.6 Å². The molecular weight excluding hydrogens is 568 g/mol. The highest BCUT2D eigenvalue weighted by atomic mass is 16.5. The number of anilines is 2. The highest BCUT2D eigenvalue weighted by Crippen LogP contribution is 2.33. The zero-order chi connectivity index (χ0) is 31.4. The Hall–Kier alpha value is -4.94. The van der Waals surface area contributed by atoms with Crippen LogP contribution < -0.4 is 39.4 Å². The van der Waals surface area contributed by atoms with Gasteiger partial charge in [-0.1, -0.05) is 24.3 Å². The number of imide groups is 2. The number of carbonyl (C=O) groups is 4. The summed E-state index contributed by atoms with van der Waals surface area (Å²) in [7, 11) is 6.17. The van der Waals surface area contributed by atoms with Gasteiger partial charge in [0, 0.05) is 24.2 Å². The molecule has 0 unspecified atom stereocenters. The lowest BCUT2D eigenvalue weighted by atomic mass is 10.1. The molecule has 0 saturated carbocycles. The van der Waals surface area contributed by atoms with Crippen molar-refractivity contribution in [3.8, 4) is 23.0 Å². The molecular formula is C32H34N4O8. The average molecular weight is 603 g/mol. The summed E-state index contributed by atoms with van der Waals surface area (Å²) in [5.74, 6) is 0.732. The number of rotatable bonds is 12. The van der Waals surface area contributed by atoms with E-state index in [1.807, 2.05) is 24.3 Å². The van der Waals surface area contributed by atoms with Gasteiger partial charge in [0.2, 0.25) is 11.8 Å². The SMILES string of the molecule is COc1cccc(CN[C@H]2CC(=O)N(c3ccc(N4C(=O)C[C@@H](NCc5cccc(OC)c5OC)C4=O)cc3)C2=O)c1OC.